The van der Waals surface area contributed by atoms with Crippen LogP contribution in [-0.4, -0.2) is 0 Å². The van der Waals surface area contributed by atoms with Crippen molar-refractivity contribution in [1.29, 1.82) is 0 Å². The van der Waals surface area contributed by atoms with Gasteiger partial charge >= 0.3 is 0 Å². The first-order chi connectivity index (χ1) is 14.9. The molecule has 0 atom stereocenters. The number of nitrogens with one attached hydrogen (secondary N) is 1. The van der Waals surface area contributed by atoms with Crippen LogP contribution in [0, 0.1) is 0 Å². The zero-order valence-electron chi connectivity index (χ0n) is 16.3. The maximum Gasteiger partial charge on any atom is 0.143 e. The Balaban J connectivity index is 1.54. The summed E-state index contributed by atoms with van der Waals surface area (Å²) in [5.41, 5.74) is 6.20. The molecular weight excluding hydrogens is 366 g/mol. The minimum absolute atomic E-state index is 0.916. The largest absolute Gasteiger partial charge is 0.455 e. The van der Waals surface area contributed by atoms with Crippen molar-refractivity contribution in [2.24, 2.45) is 0 Å². The standard InChI is InChI=1S/C28H19NO/c1-2-11-20-19(9-1)10-7-17-25(20)29-26-16-5-3-12-21(26)23-14-8-15-24-22-13-4-6-18-27(22)30-28(23)24/h1-18,29H. The summed E-state index contributed by atoms with van der Waals surface area (Å²) >= 11 is 0. The Bertz CT molecular complexity index is 1520. The van der Waals surface area contributed by atoms with Crippen molar-refractivity contribution in [3.8, 4) is 11.1 Å². The molecule has 0 saturated heterocycles. The van der Waals surface area contributed by atoms with Crippen molar-refractivity contribution in [1.82, 2.24) is 0 Å². The van der Waals surface area contributed by atoms with Crippen molar-refractivity contribution in [2.75, 3.05) is 5.32 Å². The first-order valence-corrected chi connectivity index (χ1v) is 10.1. The van der Waals surface area contributed by atoms with E-state index in [1.54, 1.807) is 0 Å². The summed E-state index contributed by atoms with van der Waals surface area (Å²) in [4.78, 5) is 0. The van der Waals surface area contributed by atoms with Crippen LogP contribution in [-0.2, 0) is 0 Å². The topological polar surface area (TPSA) is 25.2 Å². The number of hydrogen-bond acceptors (Lipinski definition) is 2. The van der Waals surface area contributed by atoms with Gasteiger partial charge in [0.2, 0.25) is 0 Å². The highest BCUT2D eigenvalue weighted by atomic mass is 16.3. The first kappa shape index (κ1) is 16.9. The third-order valence-corrected chi connectivity index (χ3v) is 5.68. The van der Waals surface area contributed by atoms with Gasteiger partial charge < -0.3 is 9.73 Å². The number of anilines is 2. The number of hydrogen-bond donors (Lipinski definition) is 1. The lowest BCUT2D eigenvalue weighted by atomic mass is 10.00. The third kappa shape index (κ3) is 2.66. The second-order valence-electron chi connectivity index (χ2n) is 7.48. The quantitative estimate of drug-likeness (QED) is 0.332. The fraction of sp³-hybridized carbons (Fsp3) is 0. The Labute approximate surface area is 174 Å². The lowest BCUT2D eigenvalue weighted by Gasteiger charge is -2.14. The minimum atomic E-state index is 0.916. The third-order valence-electron chi connectivity index (χ3n) is 5.68. The van der Waals surface area contributed by atoms with Crippen LogP contribution in [0.15, 0.2) is 114 Å². The number of furan rings is 1. The van der Waals surface area contributed by atoms with Crippen molar-refractivity contribution >= 4 is 44.1 Å². The summed E-state index contributed by atoms with van der Waals surface area (Å²) in [6.07, 6.45) is 0. The molecule has 1 aromatic heterocycles. The number of para-hydroxylation sites is 3. The molecule has 30 heavy (non-hydrogen) atoms. The van der Waals surface area contributed by atoms with Gasteiger partial charge in [-0.3, -0.25) is 0 Å². The summed E-state index contributed by atoms with van der Waals surface area (Å²) < 4.78 is 6.29. The maximum atomic E-state index is 6.29. The van der Waals surface area contributed by atoms with Crippen LogP contribution >= 0.6 is 0 Å². The second-order valence-corrected chi connectivity index (χ2v) is 7.48. The molecule has 6 rings (SSSR count). The SMILES string of the molecule is c1ccc(-c2cccc3c2oc2ccccc23)c(Nc2cccc3ccccc23)c1. The van der Waals surface area contributed by atoms with E-state index in [9.17, 15) is 0 Å². The molecule has 0 unspecified atom stereocenters. The fourth-order valence-electron chi connectivity index (χ4n) is 4.27. The molecule has 0 fully saturated rings. The molecule has 1 N–H and O–H groups in total. The predicted molar refractivity (Wildman–Crippen MR) is 126 cm³/mol. The Morgan fingerprint density at radius 3 is 2.07 bits per heavy atom. The van der Waals surface area contributed by atoms with E-state index >= 15 is 0 Å². The van der Waals surface area contributed by atoms with E-state index in [0.29, 0.717) is 0 Å². The normalized spacial score (nSPS) is 11.3. The Morgan fingerprint density at radius 2 is 1.10 bits per heavy atom. The summed E-state index contributed by atoms with van der Waals surface area (Å²) in [5.74, 6) is 0. The molecule has 0 bridgehead atoms. The van der Waals surface area contributed by atoms with Gasteiger partial charge in [-0.2, -0.15) is 0 Å². The summed E-state index contributed by atoms with van der Waals surface area (Å²) in [7, 11) is 0. The smallest absolute Gasteiger partial charge is 0.143 e. The highest BCUT2D eigenvalue weighted by Crippen LogP contribution is 2.39. The van der Waals surface area contributed by atoms with E-state index in [2.05, 4.69) is 102 Å². The van der Waals surface area contributed by atoms with Gasteiger partial charge in [0, 0.05) is 38.7 Å². The van der Waals surface area contributed by atoms with Crippen LogP contribution < -0.4 is 5.32 Å². The zero-order valence-corrected chi connectivity index (χ0v) is 16.3. The Morgan fingerprint density at radius 1 is 0.467 bits per heavy atom. The minimum Gasteiger partial charge on any atom is -0.455 e. The lowest BCUT2D eigenvalue weighted by molar-refractivity contribution is 0.670. The van der Waals surface area contributed by atoms with E-state index < -0.39 is 0 Å². The molecule has 0 saturated carbocycles. The van der Waals surface area contributed by atoms with Gasteiger partial charge in [-0.05, 0) is 23.6 Å². The predicted octanol–water partition coefficient (Wildman–Crippen LogP) is 8.15. The van der Waals surface area contributed by atoms with E-state index in [1.807, 2.05) is 12.1 Å². The van der Waals surface area contributed by atoms with Gasteiger partial charge in [0.1, 0.15) is 11.2 Å². The molecule has 0 radical (unpaired) electrons. The Hall–Kier alpha value is -4.04. The van der Waals surface area contributed by atoms with E-state index in [0.717, 1.165) is 44.4 Å². The summed E-state index contributed by atoms with van der Waals surface area (Å²) in [6, 6.07) is 37.8. The number of benzene rings is 5. The van der Waals surface area contributed by atoms with Crippen LogP contribution in [0.2, 0.25) is 0 Å². The van der Waals surface area contributed by atoms with Crippen LogP contribution in [0.4, 0.5) is 11.4 Å². The number of rotatable bonds is 3. The van der Waals surface area contributed by atoms with Crippen LogP contribution in [0.1, 0.15) is 0 Å². The zero-order chi connectivity index (χ0) is 19.9. The summed E-state index contributed by atoms with van der Waals surface area (Å²) in [6.45, 7) is 0. The summed E-state index contributed by atoms with van der Waals surface area (Å²) in [5, 5.41) is 8.39. The molecule has 6 aromatic rings. The van der Waals surface area contributed by atoms with Crippen LogP contribution in [0.25, 0.3) is 43.8 Å². The maximum absolute atomic E-state index is 6.29. The van der Waals surface area contributed by atoms with Crippen LogP contribution in [0.3, 0.4) is 0 Å². The van der Waals surface area contributed by atoms with Crippen molar-refractivity contribution in [3.63, 3.8) is 0 Å². The van der Waals surface area contributed by atoms with Gasteiger partial charge in [0.25, 0.3) is 0 Å². The van der Waals surface area contributed by atoms with Crippen molar-refractivity contribution < 1.29 is 4.42 Å². The van der Waals surface area contributed by atoms with E-state index in [1.165, 1.54) is 10.8 Å². The molecular formula is C28H19NO. The Kier molecular flexibility index (Phi) is 3.82. The average molecular weight is 385 g/mol. The molecule has 142 valence electrons. The highest BCUT2D eigenvalue weighted by molar-refractivity contribution is 6.10. The van der Waals surface area contributed by atoms with Crippen LogP contribution in [0.5, 0.6) is 0 Å². The molecule has 0 aliphatic rings. The van der Waals surface area contributed by atoms with Gasteiger partial charge in [-0.25, -0.2) is 0 Å². The van der Waals surface area contributed by atoms with Gasteiger partial charge in [-0.1, -0.05) is 91.0 Å². The molecule has 2 heteroatoms. The molecule has 5 aromatic carbocycles. The first-order valence-electron chi connectivity index (χ1n) is 10.1. The molecule has 0 aliphatic heterocycles. The highest BCUT2D eigenvalue weighted by Gasteiger charge is 2.14. The monoisotopic (exact) mass is 385 g/mol. The van der Waals surface area contributed by atoms with Crippen molar-refractivity contribution in [3.05, 3.63) is 109 Å². The van der Waals surface area contributed by atoms with Gasteiger partial charge in [0.15, 0.2) is 0 Å². The van der Waals surface area contributed by atoms with Gasteiger partial charge in [0.05, 0.1) is 0 Å². The average Bonchev–Trinajstić information content (AvgIpc) is 3.19. The number of fused-ring (bicyclic) bond motifs is 4. The van der Waals surface area contributed by atoms with E-state index in [4.69, 9.17) is 4.42 Å². The van der Waals surface area contributed by atoms with E-state index in [-0.39, 0.29) is 0 Å². The fourth-order valence-corrected chi connectivity index (χ4v) is 4.27. The van der Waals surface area contributed by atoms with Gasteiger partial charge in [-0.15, -0.1) is 0 Å². The molecule has 1 heterocycles. The molecule has 0 amide bonds. The second kappa shape index (κ2) is 6.78. The molecule has 2 nitrogen and oxygen atoms in total. The molecule has 0 spiro atoms. The lowest BCUT2D eigenvalue weighted by Crippen LogP contribution is -1.94. The molecule has 0 aliphatic carbocycles. The van der Waals surface area contributed by atoms with Crippen molar-refractivity contribution in [2.45, 2.75) is 0 Å².